The maximum absolute atomic E-state index is 14.0. The van der Waals surface area contributed by atoms with Crippen LogP contribution in [0.4, 0.5) is 8.78 Å². The van der Waals surface area contributed by atoms with Crippen LogP contribution in [-0.2, 0) is 0 Å². The molecule has 112 valence electrons. The van der Waals surface area contributed by atoms with E-state index in [1.165, 1.54) is 0 Å². The minimum absolute atomic E-state index is 0.0299. The number of fused-ring (bicyclic) bond motifs is 1. The minimum Gasteiger partial charge on any atom is -0.478 e. The van der Waals surface area contributed by atoms with Gasteiger partial charge in [-0.25, -0.2) is 18.6 Å². The number of benzene rings is 2. The van der Waals surface area contributed by atoms with E-state index in [-0.39, 0.29) is 26.9 Å². The summed E-state index contributed by atoms with van der Waals surface area (Å²) >= 11 is 12.1. The number of aromatic nitrogens is 2. The number of hydrogen-bond donors (Lipinski definition) is 2. The number of nitrogens with zero attached hydrogens (tertiary/aromatic N) is 1. The van der Waals surface area contributed by atoms with E-state index >= 15 is 0 Å². The lowest BCUT2D eigenvalue weighted by atomic mass is 10.2. The maximum Gasteiger partial charge on any atom is 0.338 e. The molecule has 0 aliphatic carbocycles. The van der Waals surface area contributed by atoms with Crippen molar-refractivity contribution < 1.29 is 18.7 Å². The van der Waals surface area contributed by atoms with Crippen molar-refractivity contribution in [2.45, 2.75) is 0 Å². The number of hydrogen-bond acceptors (Lipinski definition) is 2. The molecule has 0 atom stereocenters. The fourth-order valence-corrected chi connectivity index (χ4v) is 2.66. The van der Waals surface area contributed by atoms with Gasteiger partial charge in [0.2, 0.25) is 0 Å². The van der Waals surface area contributed by atoms with Crippen molar-refractivity contribution in [3.63, 3.8) is 0 Å². The molecule has 2 aromatic carbocycles. The van der Waals surface area contributed by atoms with Crippen molar-refractivity contribution in [1.29, 1.82) is 0 Å². The zero-order valence-electron chi connectivity index (χ0n) is 10.6. The standard InChI is InChI=1S/C14H6Cl2F2N2O2/c15-6-2-1-3-7(16)9(6)13-19-8-4-5(14(21)22)10(17)11(18)12(8)20-13/h1-4H,(H,19,20)(H,21,22). The van der Waals surface area contributed by atoms with Gasteiger partial charge in [-0.3, -0.25) is 0 Å². The van der Waals surface area contributed by atoms with Gasteiger partial charge in [0, 0.05) is 0 Å². The largest absolute Gasteiger partial charge is 0.478 e. The topological polar surface area (TPSA) is 66.0 Å². The summed E-state index contributed by atoms with van der Waals surface area (Å²) in [5, 5.41) is 9.42. The Morgan fingerprint density at radius 2 is 1.82 bits per heavy atom. The summed E-state index contributed by atoms with van der Waals surface area (Å²) in [6.07, 6.45) is 0. The Morgan fingerprint density at radius 1 is 1.18 bits per heavy atom. The van der Waals surface area contributed by atoms with Gasteiger partial charge in [0.25, 0.3) is 0 Å². The minimum atomic E-state index is -1.58. The molecule has 0 amide bonds. The van der Waals surface area contributed by atoms with Crippen molar-refractivity contribution in [2.24, 2.45) is 0 Å². The number of halogens is 4. The lowest BCUT2D eigenvalue weighted by molar-refractivity contribution is 0.0691. The Labute approximate surface area is 132 Å². The average Bonchev–Trinajstić information content (AvgIpc) is 2.86. The second kappa shape index (κ2) is 5.23. The van der Waals surface area contributed by atoms with Crippen LogP contribution in [0.3, 0.4) is 0 Å². The van der Waals surface area contributed by atoms with Crippen LogP contribution in [0.2, 0.25) is 10.0 Å². The quantitative estimate of drug-likeness (QED) is 0.719. The maximum atomic E-state index is 14.0. The highest BCUT2D eigenvalue weighted by atomic mass is 35.5. The SMILES string of the molecule is O=C(O)c1cc2[nH]c(-c3c(Cl)cccc3Cl)nc2c(F)c1F. The Bertz CT molecular complexity index is 905. The third-order valence-electron chi connectivity index (χ3n) is 3.09. The zero-order valence-corrected chi connectivity index (χ0v) is 12.1. The highest BCUT2D eigenvalue weighted by molar-refractivity contribution is 6.39. The second-order valence-electron chi connectivity index (χ2n) is 4.44. The van der Waals surface area contributed by atoms with Gasteiger partial charge in [-0.2, -0.15) is 0 Å². The second-order valence-corrected chi connectivity index (χ2v) is 5.25. The molecule has 0 fully saturated rings. The number of nitrogens with one attached hydrogen (secondary N) is 1. The van der Waals surface area contributed by atoms with Crippen LogP contribution in [0.1, 0.15) is 10.4 Å². The summed E-state index contributed by atoms with van der Waals surface area (Å²) in [5.74, 6) is -4.28. The Hall–Kier alpha value is -2.18. The first-order chi connectivity index (χ1) is 10.4. The van der Waals surface area contributed by atoms with Crippen LogP contribution in [-0.4, -0.2) is 21.0 Å². The molecule has 1 heterocycles. The summed E-state index contributed by atoms with van der Waals surface area (Å²) < 4.78 is 27.7. The van der Waals surface area contributed by atoms with Gasteiger partial charge in [-0.05, 0) is 18.2 Å². The molecule has 0 spiro atoms. The summed E-state index contributed by atoms with van der Waals surface area (Å²) in [5.41, 5.74) is -0.764. The van der Waals surface area contributed by atoms with Crippen molar-refractivity contribution >= 4 is 40.2 Å². The van der Waals surface area contributed by atoms with E-state index in [9.17, 15) is 13.6 Å². The Balaban J connectivity index is 2.31. The number of H-pyrrole nitrogens is 1. The molecule has 0 unspecified atom stereocenters. The van der Waals surface area contributed by atoms with Gasteiger partial charge < -0.3 is 10.1 Å². The van der Waals surface area contributed by atoms with E-state index in [2.05, 4.69) is 9.97 Å². The molecular weight excluding hydrogens is 337 g/mol. The van der Waals surface area contributed by atoms with E-state index < -0.39 is 23.2 Å². The molecule has 0 radical (unpaired) electrons. The molecule has 1 aromatic heterocycles. The van der Waals surface area contributed by atoms with Crippen LogP contribution in [0.15, 0.2) is 24.3 Å². The summed E-state index contributed by atoms with van der Waals surface area (Å²) in [7, 11) is 0. The Morgan fingerprint density at radius 3 is 2.41 bits per heavy atom. The number of aromatic carboxylic acids is 1. The first-order valence-electron chi connectivity index (χ1n) is 5.95. The van der Waals surface area contributed by atoms with E-state index in [0.29, 0.717) is 5.56 Å². The Kier molecular flexibility index (Phi) is 3.50. The van der Waals surface area contributed by atoms with Crippen molar-refractivity contribution in [2.75, 3.05) is 0 Å². The number of carboxylic acid groups (broad SMARTS) is 1. The van der Waals surface area contributed by atoms with Gasteiger partial charge in [0.1, 0.15) is 16.9 Å². The molecule has 0 bridgehead atoms. The zero-order chi connectivity index (χ0) is 16.0. The molecule has 0 saturated heterocycles. The predicted molar refractivity (Wildman–Crippen MR) is 78.4 cm³/mol. The summed E-state index contributed by atoms with van der Waals surface area (Å²) in [4.78, 5) is 17.6. The van der Waals surface area contributed by atoms with Crippen LogP contribution in [0.5, 0.6) is 0 Å². The molecule has 2 N–H and O–H groups in total. The van der Waals surface area contributed by atoms with E-state index in [0.717, 1.165) is 6.07 Å². The molecule has 22 heavy (non-hydrogen) atoms. The van der Waals surface area contributed by atoms with Crippen molar-refractivity contribution in [3.8, 4) is 11.4 Å². The van der Waals surface area contributed by atoms with Crippen LogP contribution in [0.25, 0.3) is 22.4 Å². The number of carboxylic acids is 1. The molecule has 8 heteroatoms. The van der Waals surface area contributed by atoms with Crippen molar-refractivity contribution in [3.05, 3.63) is 51.5 Å². The van der Waals surface area contributed by atoms with Crippen LogP contribution < -0.4 is 0 Å². The van der Waals surface area contributed by atoms with E-state index in [1.54, 1.807) is 18.2 Å². The summed E-state index contributed by atoms with van der Waals surface area (Å²) in [6, 6.07) is 5.72. The van der Waals surface area contributed by atoms with E-state index in [4.69, 9.17) is 28.3 Å². The highest BCUT2D eigenvalue weighted by Gasteiger charge is 2.22. The number of carbonyl (C=O) groups is 1. The number of aromatic amines is 1. The summed E-state index contributed by atoms with van der Waals surface area (Å²) in [6.45, 7) is 0. The van der Waals surface area contributed by atoms with Crippen LogP contribution >= 0.6 is 23.2 Å². The number of imidazole rings is 1. The predicted octanol–water partition coefficient (Wildman–Crippen LogP) is 4.51. The lowest BCUT2D eigenvalue weighted by Crippen LogP contribution is -2.03. The molecule has 3 rings (SSSR count). The van der Waals surface area contributed by atoms with Gasteiger partial charge in [-0.15, -0.1) is 0 Å². The highest BCUT2D eigenvalue weighted by Crippen LogP contribution is 2.34. The van der Waals surface area contributed by atoms with Gasteiger partial charge in [-0.1, -0.05) is 29.3 Å². The lowest BCUT2D eigenvalue weighted by Gasteiger charge is -2.02. The molecule has 0 aliphatic rings. The third kappa shape index (κ3) is 2.20. The fraction of sp³-hybridized carbons (Fsp3) is 0. The normalized spacial score (nSPS) is 11.1. The van der Waals surface area contributed by atoms with Gasteiger partial charge in [0.05, 0.1) is 21.1 Å². The van der Waals surface area contributed by atoms with Crippen molar-refractivity contribution in [1.82, 2.24) is 9.97 Å². The molecular formula is C14H6Cl2F2N2O2. The fourth-order valence-electron chi connectivity index (χ4n) is 2.09. The molecule has 0 saturated carbocycles. The van der Waals surface area contributed by atoms with E-state index in [1.807, 2.05) is 0 Å². The number of rotatable bonds is 2. The molecule has 4 nitrogen and oxygen atoms in total. The van der Waals surface area contributed by atoms with Gasteiger partial charge in [0.15, 0.2) is 11.6 Å². The smallest absolute Gasteiger partial charge is 0.338 e. The monoisotopic (exact) mass is 342 g/mol. The average molecular weight is 343 g/mol. The van der Waals surface area contributed by atoms with Crippen LogP contribution in [0, 0.1) is 11.6 Å². The van der Waals surface area contributed by atoms with Gasteiger partial charge >= 0.3 is 5.97 Å². The first kappa shape index (κ1) is 14.7. The first-order valence-corrected chi connectivity index (χ1v) is 6.71. The third-order valence-corrected chi connectivity index (χ3v) is 3.72. The molecule has 3 aromatic rings. The molecule has 0 aliphatic heterocycles.